The van der Waals surface area contributed by atoms with Crippen LogP contribution < -0.4 is 4.90 Å². The number of halogens is 2. The first-order valence-corrected chi connectivity index (χ1v) is 9.17. The molecule has 0 unspecified atom stereocenters. The van der Waals surface area contributed by atoms with Crippen LogP contribution >= 0.6 is 15.9 Å². The van der Waals surface area contributed by atoms with Gasteiger partial charge >= 0.3 is 5.97 Å². The molecule has 0 fully saturated rings. The third kappa shape index (κ3) is 3.85. The number of anilines is 1. The average molecular weight is 430 g/mol. The summed E-state index contributed by atoms with van der Waals surface area (Å²) in [6, 6.07) is 13.0. The van der Waals surface area contributed by atoms with Crippen LogP contribution in [0.15, 0.2) is 69.8 Å². The fraction of sp³-hybridized carbons (Fsp3) is 0.143. The number of ether oxygens (including phenoxy) is 1. The molecule has 2 aromatic rings. The van der Waals surface area contributed by atoms with Crippen LogP contribution in [0.25, 0.3) is 6.08 Å². The third-order valence-corrected chi connectivity index (χ3v) is 4.65. The van der Waals surface area contributed by atoms with Crippen LogP contribution in [0.1, 0.15) is 19.4 Å². The average Bonchev–Trinajstić information content (AvgIpc) is 2.86. The molecule has 1 aliphatic heterocycles. The van der Waals surface area contributed by atoms with E-state index >= 15 is 0 Å². The van der Waals surface area contributed by atoms with Crippen LogP contribution in [0.2, 0.25) is 0 Å². The molecule has 0 aromatic heterocycles. The second kappa shape index (κ2) is 7.88. The predicted octanol–water partition coefficient (Wildman–Crippen LogP) is 4.86. The maximum absolute atomic E-state index is 13.5. The van der Waals surface area contributed by atoms with Crippen LogP contribution in [0.4, 0.5) is 10.1 Å². The lowest BCUT2D eigenvalue weighted by molar-refractivity contribution is -0.138. The van der Waals surface area contributed by atoms with E-state index in [1.807, 2.05) is 12.1 Å². The van der Waals surface area contributed by atoms with E-state index in [1.54, 1.807) is 38.1 Å². The summed E-state index contributed by atoms with van der Waals surface area (Å²) in [6.07, 6.45) is 1.51. The normalized spacial score (nSPS) is 15.6. The highest BCUT2D eigenvalue weighted by Gasteiger charge is 2.38. The smallest absolute Gasteiger partial charge is 0.340 e. The van der Waals surface area contributed by atoms with Gasteiger partial charge in [-0.3, -0.25) is 9.69 Å². The number of hydrogen-bond acceptors (Lipinski definition) is 3. The van der Waals surface area contributed by atoms with E-state index in [4.69, 9.17) is 4.74 Å². The van der Waals surface area contributed by atoms with E-state index in [-0.39, 0.29) is 23.7 Å². The van der Waals surface area contributed by atoms with Crippen LogP contribution in [0.3, 0.4) is 0 Å². The number of nitrogens with zero attached hydrogens (tertiary/aromatic N) is 1. The lowest BCUT2D eigenvalue weighted by Crippen LogP contribution is -2.24. The predicted molar refractivity (Wildman–Crippen MR) is 105 cm³/mol. The number of benzene rings is 2. The van der Waals surface area contributed by atoms with Crippen LogP contribution in [-0.2, 0) is 14.3 Å². The number of esters is 1. The zero-order chi connectivity index (χ0) is 19.6. The second-order valence-electron chi connectivity index (χ2n) is 5.91. The first-order chi connectivity index (χ1) is 12.9. The van der Waals surface area contributed by atoms with Gasteiger partial charge in [0.15, 0.2) is 0 Å². The topological polar surface area (TPSA) is 46.6 Å². The van der Waals surface area contributed by atoms with Crippen molar-refractivity contribution in [3.05, 3.63) is 81.2 Å². The van der Waals surface area contributed by atoms with Crippen molar-refractivity contribution in [2.75, 3.05) is 11.5 Å². The Hall–Kier alpha value is -2.73. The van der Waals surface area contributed by atoms with Gasteiger partial charge in [-0.1, -0.05) is 28.1 Å². The zero-order valence-electron chi connectivity index (χ0n) is 14.8. The number of amides is 1. The van der Waals surface area contributed by atoms with Gasteiger partial charge in [-0.05, 0) is 61.9 Å². The van der Waals surface area contributed by atoms with Gasteiger partial charge in [0.05, 0.1) is 17.8 Å². The SMILES string of the molecule is CCOC(=O)C1=C(C)N(c2ccc(Br)cc2)C(=O)/C1=C\c1cccc(F)c1. The molecule has 138 valence electrons. The van der Waals surface area contributed by atoms with E-state index in [2.05, 4.69) is 15.9 Å². The van der Waals surface area contributed by atoms with Gasteiger partial charge in [-0.15, -0.1) is 0 Å². The molecule has 1 amide bonds. The molecule has 0 aliphatic carbocycles. The molecule has 4 nitrogen and oxygen atoms in total. The van der Waals surface area contributed by atoms with Crippen molar-refractivity contribution in [3.8, 4) is 0 Å². The Balaban J connectivity index is 2.12. The minimum absolute atomic E-state index is 0.180. The molecular weight excluding hydrogens is 413 g/mol. The Morgan fingerprint density at radius 2 is 1.93 bits per heavy atom. The van der Waals surface area contributed by atoms with Gasteiger partial charge in [0.1, 0.15) is 5.82 Å². The van der Waals surface area contributed by atoms with Gasteiger partial charge in [0, 0.05) is 15.9 Å². The van der Waals surface area contributed by atoms with Crippen molar-refractivity contribution in [1.29, 1.82) is 0 Å². The summed E-state index contributed by atoms with van der Waals surface area (Å²) in [5, 5.41) is 0. The van der Waals surface area contributed by atoms with E-state index in [9.17, 15) is 14.0 Å². The van der Waals surface area contributed by atoms with Crippen molar-refractivity contribution < 1.29 is 18.7 Å². The van der Waals surface area contributed by atoms with E-state index in [0.29, 0.717) is 16.9 Å². The maximum atomic E-state index is 13.5. The summed E-state index contributed by atoms with van der Waals surface area (Å²) >= 11 is 3.37. The number of carbonyl (C=O) groups excluding carboxylic acids is 2. The highest BCUT2D eigenvalue weighted by Crippen LogP contribution is 2.35. The maximum Gasteiger partial charge on any atom is 0.340 e. The van der Waals surface area contributed by atoms with Gasteiger partial charge in [-0.2, -0.15) is 0 Å². The number of allylic oxidation sites excluding steroid dienone is 1. The number of carbonyl (C=O) groups is 2. The summed E-state index contributed by atoms with van der Waals surface area (Å²) in [7, 11) is 0. The molecule has 6 heteroatoms. The van der Waals surface area contributed by atoms with Gasteiger partial charge in [0.2, 0.25) is 0 Å². The Kier molecular flexibility index (Phi) is 5.56. The van der Waals surface area contributed by atoms with Gasteiger partial charge in [-0.25, -0.2) is 9.18 Å². The molecule has 0 N–H and O–H groups in total. The molecule has 0 radical (unpaired) electrons. The lowest BCUT2D eigenvalue weighted by Gasteiger charge is -2.18. The molecular formula is C21H17BrFNO3. The van der Waals surface area contributed by atoms with E-state index in [0.717, 1.165) is 4.47 Å². The van der Waals surface area contributed by atoms with Gasteiger partial charge in [0.25, 0.3) is 5.91 Å². The molecule has 0 saturated heterocycles. The molecule has 1 heterocycles. The summed E-state index contributed by atoms with van der Waals surface area (Å²) in [5.74, 6) is -1.36. The van der Waals surface area contributed by atoms with Crippen molar-refractivity contribution in [2.24, 2.45) is 0 Å². The lowest BCUT2D eigenvalue weighted by atomic mass is 10.0. The Bertz CT molecular complexity index is 964. The molecule has 27 heavy (non-hydrogen) atoms. The summed E-state index contributed by atoms with van der Waals surface area (Å²) in [5.41, 5.74) is 1.97. The molecule has 0 saturated carbocycles. The number of hydrogen-bond donors (Lipinski definition) is 0. The number of rotatable bonds is 4. The Morgan fingerprint density at radius 3 is 2.56 bits per heavy atom. The first-order valence-electron chi connectivity index (χ1n) is 8.38. The van der Waals surface area contributed by atoms with E-state index < -0.39 is 11.8 Å². The monoisotopic (exact) mass is 429 g/mol. The van der Waals surface area contributed by atoms with Crippen molar-refractivity contribution in [1.82, 2.24) is 0 Å². The van der Waals surface area contributed by atoms with Crippen molar-refractivity contribution >= 4 is 39.6 Å². The van der Waals surface area contributed by atoms with Crippen molar-refractivity contribution in [2.45, 2.75) is 13.8 Å². The Labute approximate surface area is 165 Å². The largest absolute Gasteiger partial charge is 0.462 e. The standard InChI is InChI=1S/C21H17BrFNO3/c1-3-27-21(26)19-13(2)24(17-9-7-15(22)8-10-17)20(25)18(19)12-14-5-4-6-16(23)11-14/h4-12H,3H2,1-2H3/b18-12-. The fourth-order valence-electron chi connectivity index (χ4n) is 2.95. The fourth-order valence-corrected chi connectivity index (χ4v) is 3.21. The molecule has 3 rings (SSSR count). The summed E-state index contributed by atoms with van der Waals surface area (Å²) < 4.78 is 19.6. The quantitative estimate of drug-likeness (QED) is 0.515. The Morgan fingerprint density at radius 1 is 1.22 bits per heavy atom. The molecule has 0 spiro atoms. The highest BCUT2D eigenvalue weighted by atomic mass is 79.9. The first kappa shape index (κ1) is 19.0. The zero-order valence-corrected chi connectivity index (χ0v) is 16.4. The third-order valence-electron chi connectivity index (χ3n) is 4.12. The van der Waals surface area contributed by atoms with E-state index in [1.165, 1.54) is 23.1 Å². The summed E-state index contributed by atoms with van der Waals surface area (Å²) in [6.45, 7) is 3.58. The van der Waals surface area contributed by atoms with Crippen LogP contribution in [-0.4, -0.2) is 18.5 Å². The second-order valence-corrected chi connectivity index (χ2v) is 6.83. The highest BCUT2D eigenvalue weighted by molar-refractivity contribution is 9.10. The molecule has 2 aromatic carbocycles. The molecule has 0 bridgehead atoms. The minimum atomic E-state index is -0.578. The van der Waals surface area contributed by atoms with Crippen LogP contribution in [0.5, 0.6) is 0 Å². The minimum Gasteiger partial charge on any atom is -0.462 e. The van der Waals surface area contributed by atoms with Crippen molar-refractivity contribution in [3.63, 3.8) is 0 Å². The van der Waals surface area contributed by atoms with Crippen LogP contribution in [0, 0.1) is 5.82 Å². The molecule has 1 aliphatic rings. The molecule has 0 atom stereocenters. The summed E-state index contributed by atoms with van der Waals surface area (Å²) in [4.78, 5) is 27.1. The van der Waals surface area contributed by atoms with Gasteiger partial charge < -0.3 is 4.74 Å².